The number of methoxy groups -OCH3 is 1. The first kappa shape index (κ1) is 17.0. The monoisotopic (exact) mass is 334 g/mol. The predicted molar refractivity (Wildman–Crippen MR) is 72.0 cm³/mol. The molecule has 0 radical (unpaired) electrons. The van der Waals surface area contributed by atoms with Crippen LogP contribution in [-0.2, 0) is 19.0 Å². The highest BCUT2D eigenvalue weighted by atomic mass is 16.6. The van der Waals surface area contributed by atoms with Gasteiger partial charge in [-0.3, -0.25) is 4.79 Å². The number of ether oxygens (including phenoxy) is 3. The third kappa shape index (κ3) is 2.56. The Balaban J connectivity index is 1.92. The van der Waals surface area contributed by atoms with Crippen LogP contribution in [0.2, 0.25) is 0 Å². The van der Waals surface area contributed by atoms with Gasteiger partial charge in [-0.1, -0.05) is 0 Å². The fraction of sp³-hybridized carbons (Fsp3) is 0.929. The first-order valence-corrected chi connectivity index (χ1v) is 7.62. The van der Waals surface area contributed by atoms with E-state index in [1.807, 2.05) is 0 Å². The maximum absolute atomic E-state index is 12.2. The molecule has 9 nitrogen and oxygen atoms in total. The second-order valence-corrected chi connectivity index (χ2v) is 6.38. The molecule has 132 valence electrons. The highest BCUT2D eigenvalue weighted by Crippen LogP contribution is 2.44. The highest BCUT2D eigenvalue weighted by molar-refractivity contribution is 5.74. The van der Waals surface area contributed by atoms with Gasteiger partial charge in [-0.15, -0.1) is 0 Å². The quantitative estimate of drug-likeness (QED) is 0.329. The summed E-state index contributed by atoms with van der Waals surface area (Å²) >= 11 is 0. The number of aliphatic hydroxyl groups excluding tert-OH is 5. The van der Waals surface area contributed by atoms with E-state index >= 15 is 0 Å². The molecule has 0 amide bonds. The van der Waals surface area contributed by atoms with Gasteiger partial charge in [0.25, 0.3) is 0 Å². The van der Waals surface area contributed by atoms with Crippen LogP contribution in [0, 0.1) is 11.8 Å². The van der Waals surface area contributed by atoms with Gasteiger partial charge < -0.3 is 39.7 Å². The molecule has 5 unspecified atom stereocenters. The highest BCUT2D eigenvalue weighted by Gasteiger charge is 2.60. The van der Waals surface area contributed by atoms with Crippen molar-refractivity contribution in [1.82, 2.24) is 0 Å². The number of hydrogen-bond acceptors (Lipinski definition) is 9. The summed E-state index contributed by atoms with van der Waals surface area (Å²) in [5, 5.41) is 49.9. The minimum absolute atomic E-state index is 0.0358. The van der Waals surface area contributed by atoms with Crippen LogP contribution in [0.3, 0.4) is 0 Å². The van der Waals surface area contributed by atoms with Gasteiger partial charge in [0.1, 0.15) is 30.5 Å². The molecular weight excluding hydrogens is 312 g/mol. The molecular formula is C14H22O9. The van der Waals surface area contributed by atoms with Crippen molar-refractivity contribution in [2.24, 2.45) is 11.8 Å². The van der Waals surface area contributed by atoms with E-state index in [2.05, 4.69) is 0 Å². The molecule has 23 heavy (non-hydrogen) atoms. The molecule has 0 bridgehead atoms. The van der Waals surface area contributed by atoms with E-state index in [4.69, 9.17) is 14.2 Å². The maximum Gasteiger partial charge on any atom is 0.309 e. The second-order valence-electron chi connectivity index (χ2n) is 6.38. The van der Waals surface area contributed by atoms with E-state index in [0.717, 1.165) is 0 Å². The molecule has 10 atom stereocenters. The molecule has 0 aromatic heterocycles. The number of aliphatic hydroxyl groups is 5. The molecule has 3 rings (SSSR count). The smallest absolute Gasteiger partial charge is 0.309 e. The first-order chi connectivity index (χ1) is 10.9. The summed E-state index contributed by atoms with van der Waals surface area (Å²) in [6.45, 7) is -0.529. The van der Waals surface area contributed by atoms with Gasteiger partial charge in [0.15, 0.2) is 6.10 Å². The topological polar surface area (TPSA) is 146 Å². The van der Waals surface area contributed by atoms with Gasteiger partial charge in [0.05, 0.1) is 24.7 Å². The minimum Gasteiger partial charge on any atom is -0.456 e. The lowest BCUT2D eigenvalue weighted by Crippen LogP contribution is -2.69. The summed E-state index contributed by atoms with van der Waals surface area (Å²) < 4.78 is 15.9. The molecule has 2 saturated heterocycles. The molecule has 9 heteroatoms. The fourth-order valence-electron chi connectivity index (χ4n) is 4.00. The Labute approximate surface area is 132 Å². The average Bonchev–Trinajstić information content (AvgIpc) is 2.52. The number of carbonyl (C=O) groups is 1. The van der Waals surface area contributed by atoms with Crippen molar-refractivity contribution in [3.8, 4) is 0 Å². The summed E-state index contributed by atoms with van der Waals surface area (Å²) in [5.74, 6) is -2.25. The van der Waals surface area contributed by atoms with Crippen LogP contribution in [0.4, 0.5) is 0 Å². The predicted octanol–water partition coefficient (Wildman–Crippen LogP) is -3.23. The van der Waals surface area contributed by atoms with Crippen LogP contribution in [0.25, 0.3) is 0 Å². The van der Waals surface area contributed by atoms with Gasteiger partial charge in [-0.05, 0) is 6.42 Å². The van der Waals surface area contributed by atoms with Crippen molar-refractivity contribution in [2.75, 3.05) is 13.7 Å². The SMILES string of the molecule is COC1C(O)CC2C(=O)O[C@H]3[C@@H](O)[C@H](O)[C@@H](CO)O[C@@H]3C2C1O. The van der Waals surface area contributed by atoms with Crippen LogP contribution in [-0.4, -0.2) is 94.1 Å². The molecule has 1 saturated carbocycles. The summed E-state index contributed by atoms with van der Waals surface area (Å²) in [4.78, 5) is 12.2. The van der Waals surface area contributed by atoms with E-state index in [1.54, 1.807) is 0 Å². The summed E-state index contributed by atoms with van der Waals surface area (Å²) in [7, 11) is 1.34. The van der Waals surface area contributed by atoms with Crippen LogP contribution in [0.15, 0.2) is 0 Å². The minimum atomic E-state index is -1.43. The number of rotatable bonds is 2. The average molecular weight is 334 g/mol. The van der Waals surface area contributed by atoms with E-state index in [-0.39, 0.29) is 6.42 Å². The lowest BCUT2D eigenvalue weighted by atomic mass is 9.67. The van der Waals surface area contributed by atoms with Gasteiger partial charge in [-0.25, -0.2) is 0 Å². The lowest BCUT2D eigenvalue weighted by Gasteiger charge is -2.53. The zero-order valence-electron chi connectivity index (χ0n) is 12.6. The van der Waals surface area contributed by atoms with E-state index < -0.39 is 73.2 Å². The number of fused-ring (bicyclic) bond motifs is 3. The van der Waals surface area contributed by atoms with Crippen LogP contribution in [0.5, 0.6) is 0 Å². The Morgan fingerprint density at radius 1 is 1.13 bits per heavy atom. The fourth-order valence-corrected chi connectivity index (χ4v) is 4.00. The first-order valence-electron chi connectivity index (χ1n) is 7.62. The zero-order chi connectivity index (χ0) is 16.9. The van der Waals surface area contributed by atoms with E-state index in [1.165, 1.54) is 7.11 Å². The van der Waals surface area contributed by atoms with Gasteiger partial charge >= 0.3 is 5.97 Å². The molecule has 0 aromatic carbocycles. The van der Waals surface area contributed by atoms with Crippen molar-refractivity contribution in [3.63, 3.8) is 0 Å². The van der Waals surface area contributed by atoms with E-state index in [0.29, 0.717) is 0 Å². The van der Waals surface area contributed by atoms with Crippen LogP contribution >= 0.6 is 0 Å². The molecule has 3 aliphatic rings. The maximum atomic E-state index is 12.2. The molecule has 2 heterocycles. The lowest BCUT2D eigenvalue weighted by molar-refractivity contribution is -0.291. The van der Waals surface area contributed by atoms with Crippen molar-refractivity contribution >= 4 is 5.97 Å². The van der Waals surface area contributed by atoms with Gasteiger partial charge in [0.2, 0.25) is 0 Å². The Hall–Kier alpha value is -0.810. The van der Waals surface area contributed by atoms with Crippen molar-refractivity contribution in [3.05, 3.63) is 0 Å². The zero-order valence-corrected chi connectivity index (χ0v) is 12.6. The summed E-state index contributed by atoms with van der Waals surface area (Å²) in [6.07, 6.45) is -9.06. The summed E-state index contributed by atoms with van der Waals surface area (Å²) in [5.41, 5.74) is 0. The Bertz CT molecular complexity index is 458. The third-order valence-electron chi connectivity index (χ3n) is 5.18. The van der Waals surface area contributed by atoms with E-state index in [9.17, 15) is 30.3 Å². The van der Waals surface area contributed by atoms with Crippen LogP contribution < -0.4 is 0 Å². The summed E-state index contributed by atoms with van der Waals surface area (Å²) in [6, 6.07) is 0. The third-order valence-corrected chi connectivity index (χ3v) is 5.18. The molecule has 3 fully saturated rings. The Kier molecular flexibility index (Phi) is 4.62. The number of hydrogen-bond donors (Lipinski definition) is 5. The number of esters is 1. The Morgan fingerprint density at radius 2 is 1.83 bits per heavy atom. The van der Waals surface area contributed by atoms with Crippen molar-refractivity contribution < 1.29 is 44.5 Å². The molecule has 2 aliphatic heterocycles. The van der Waals surface area contributed by atoms with Gasteiger partial charge in [0, 0.05) is 13.0 Å². The van der Waals surface area contributed by atoms with Crippen molar-refractivity contribution in [1.29, 1.82) is 0 Å². The molecule has 0 aromatic rings. The Morgan fingerprint density at radius 3 is 2.43 bits per heavy atom. The largest absolute Gasteiger partial charge is 0.456 e. The second kappa shape index (κ2) is 6.25. The standard InChI is InChI=1S/C14H22O9/c1-21-11-5(16)2-4-7(9(11)18)12-13(23-14(4)20)10(19)8(17)6(3-15)22-12/h4-13,15-19H,2-3H2,1H3/t4?,5?,6-,7?,8-,9?,10+,11?,12-,13+/m1/s1. The molecule has 5 N–H and O–H groups in total. The normalized spacial score (nSPS) is 53.2. The number of carbonyl (C=O) groups excluding carboxylic acids is 1. The molecule has 1 aliphatic carbocycles. The van der Waals surface area contributed by atoms with Crippen LogP contribution in [0.1, 0.15) is 6.42 Å². The van der Waals surface area contributed by atoms with Crippen molar-refractivity contribution in [2.45, 2.75) is 55.3 Å². The van der Waals surface area contributed by atoms with Gasteiger partial charge in [-0.2, -0.15) is 0 Å². The molecule has 0 spiro atoms.